The maximum absolute atomic E-state index is 12.3. The molecule has 0 aliphatic heterocycles. The maximum atomic E-state index is 12.3. The van der Waals surface area contributed by atoms with Crippen molar-refractivity contribution in [2.24, 2.45) is 0 Å². The van der Waals surface area contributed by atoms with E-state index in [-0.39, 0.29) is 17.1 Å². The molecular weight excluding hydrogens is 304 g/mol. The Morgan fingerprint density at radius 3 is 2.41 bits per heavy atom. The Morgan fingerprint density at radius 1 is 1.27 bits per heavy atom. The summed E-state index contributed by atoms with van der Waals surface area (Å²) < 4.78 is 28.4. The average Bonchev–Trinajstić information content (AvgIpc) is 2.92. The van der Waals surface area contributed by atoms with Gasteiger partial charge >= 0.3 is 5.97 Å². The highest BCUT2D eigenvalue weighted by Crippen LogP contribution is 2.15. The van der Waals surface area contributed by atoms with E-state index in [1.54, 1.807) is 6.92 Å². The molecule has 0 saturated carbocycles. The van der Waals surface area contributed by atoms with Crippen molar-refractivity contribution in [1.82, 2.24) is 9.29 Å². The van der Waals surface area contributed by atoms with Crippen LogP contribution in [0.15, 0.2) is 41.4 Å². The summed E-state index contributed by atoms with van der Waals surface area (Å²) in [5, 5.41) is 9.07. The van der Waals surface area contributed by atoms with Gasteiger partial charge in [-0.25, -0.2) is 17.9 Å². The highest BCUT2D eigenvalue weighted by atomic mass is 32.2. The minimum absolute atomic E-state index is 0.0427. The fourth-order valence-electron chi connectivity index (χ4n) is 2.04. The predicted molar refractivity (Wildman–Crippen MR) is 82.3 cm³/mol. The molecule has 1 aromatic carbocycles. The number of aryl methyl sites for hydroxylation is 2. The van der Waals surface area contributed by atoms with Crippen molar-refractivity contribution >= 4 is 16.0 Å². The number of aromatic nitrogens is 1. The Kier molecular flexibility index (Phi) is 4.68. The third-order valence-electron chi connectivity index (χ3n) is 3.33. The molecule has 1 heterocycles. The molecule has 0 spiro atoms. The van der Waals surface area contributed by atoms with Crippen molar-refractivity contribution in [2.45, 2.75) is 31.8 Å². The van der Waals surface area contributed by atoms with E-state index in [9.17, 15) is 13.2 Å². The Hall–Kier alpha value is -2.12. The molecule has 7 heteroatoms. The molecule has 22 heavy (non-hydrogen) atoms. The second-order valence-corrected chi connectivity index (χ2v) is 6.73. The monoisotopic (exact) mass is 322 g/mol. The van der Waals surface area contributed by atoms with Crippen molar-refractivity contribution in [3.63, 3.8) is 0 Å². The molecule has 2 rings (SSSR count). The van der Waals surface area contributed by atoms with Crippen LogP contribution in [0.5, 0.6) is 0 Å². The van der Waals surface area contributed by atoms with Crippen molar-refractivity contribution in [1.29, 1.82) is 0 Å². The van der Waals surface area contributed by atoms with E-state index in [4.69, 9.17) is 5.11 Å². The Bertz CT molecular complexity index is 776. The normalized spacial score (nSPS) is 11.5. The first-order chi connectivity index (χ1) is 10.3. The van der Waals surface area contributed by atoms with E-state index < -0.39 is 16.0 Å². The molecule has 0 radical (unpaired) electrons. The van der Waals surface area contributed by atoms with E-state index in [0.29, 0.717) is 6.54 Å². The van der Waals surface area contributed by atoms with Crippen LogP contribution in [0.25, 0.3) is 0 Å². The smallest absolute Gasteiger partial charge is 0.352 e. The summed E-state index contributed by atoms with van der Waals surface area (Å²) in [7, 11) is -3.75. The molecule has 1 aromatic heterocycles. The molecule has 0 aliphatic rings. The van der Waals surface area contributed by atoms with Gasteiger partial charge in [0.1, 0.15) is 10.6 Å². The number of nitrogens with zero attached hydrogens (tertiary/aromatic N) is 1. The fourth-order valence-corrected chi connectivity index (χ4v) is 3.09. The average molecular weight is 322 g/mol. The van der Waals surface area contributed by atoms with Gasteiger partial charge in [0, 0.05) is 19.3 Å². The van der Waals surface area contributed by atoms with Gasteiger partial charge in [-0.3, -0.25) is 0 Å². The number of hydrogen-bond donors (Lipinski definition) is 2. The number of sulfonamides is 1. The zero-order valence-corrected chi connectivity index (χ0v) is 13.2. The third-order valence-corrected chi connectivity index (χ3v) is 4.70. The lowest BCUT2D eigenvalue weighted by molar-refractivity contribution is 0.0685. The lowest BCUT2D eigenvalue weighted by Crippen LogP contribution is -2.22. The van der Waals surface area contributed by atoms with Crippen LogP contribution in [-0.2, 0) is 23.1 Å². The van der Waals surface area contributed by atoms with Gasteiger partial charge in [0.25, 0.3) is 0 Å². The maximum Gasteiger partial charge on any atom is 0.352 e. The van der Waals surface area contributed by atoms with Gasteiger partial charge in [0.15, 0.2) is 0 Å². The molecule has 0 unspecified atom stereocenters. The van der Waals surface area contributed by atoms with Gasteiger partial charge in [0.2, 0.25) is 10.0 Å². The zero-order valence-electron chi connectivity index (χ0n) is 12.4. The largest absolute Gasteiger partial charge is 0.477 e. The summed E-state index contributed by atoms with van der Waals surface area (Å²) in [6.45, 7) is 4.24. The molecular formula is C15H18N2O4S. The molecule has 6 nitrogen and oxygen atoms in total. The first-order valence-corrected chi connectivity index (χ1v) is 8.30. The van der Waals surface area contributed by atoms with Gasteiger partial charge in [-0.2, -0.15) is 0 Å². The number of benzene rings is 1. The number of hydrogen-bond acceptors (Lipinski definition) is 3. The summed E-state index contributed by atoms with van der Waals surface area (Å²) in [6, 6.07) is 8.66. The first kappa shape index (κ1) is 16.3. The molecule has 118 valence electrons. The Morgan fingerprint density at radius 2 is 1.91 bits per heavy atom. The summed E-state index contributed by atoms with van der Waals surface area (Å²) in [5.41, 5.74) is 1.89. The molecule has 0 atom stereocenters. The fraction of sp³-hybridized carbons (Fsp3) is 0.267. The summed E-state index contributed by atoms with van der Waals surface area (Å²) in [6.07, 6.45) is 1.33. The molecule has 0 aliphatic carbocycles. The Labute approximate surface area is 129 Å². The lowest BCUT2D eigenvalue weighted by atomic mass is 10.2. The quantitative estimate of drug-likeness (QED) is 0.851. The second kappa shape index (κ2) is 6.33. The molecule has 2 aromatic rings. The summed E-state index contributed by atoms with van der Waals surface area (Å²) in [5.74, 6) is -1.15. The third kappa shape index (κ3) is 3.55. The van der Waals surface area contributed by atoms with Crippen LogP contribution in [0.2, 0.25) is 0 Å². The second-order valence-electron chi connectivity index (χ2n) is 4.96. The van der Waals surface area contributed by atoms with E-state index in [2.05, 4.69) is 4.72 Å². The van der Waals surface area contributed by atoms with Crippen LogP contribution in [0.1, 0.15) is 28.5 Å². The minimum atomic E-state index is -3.75. The van der Waals surface area contributed by atoms with Gasteiger partial charge in [-0.15, -0.1) is 0 Å². The topological polar surface area (TPSA) is 88.4 Å². The number of nitrogens with one attached hydrogen (secondary N) is 1. The van der Waals surface area contributed by atoms with E-state index in [1.165, 1.54) is 16.8 Å². The number of carbonyl (C=O) groups is 1. The Balaban J connectivity index is 2.19. The first-order valence-electron chi connectivity index (χ1n) is 6.82. The molecule has 0 saturated heterocycles. The summed E-state index contributed by atoms with van der Waals surface area (Å²) in [4.78, 5) is 11.1. The van der Waals surface area contributed by atoms with E-state index >= 15 is 0 Å². The predicted octanol–water partition coefficient (Wildman–Crippen LogP) is 1.99. The van der Waals surface area contributed by atoms with Crippen LogP contribution in [-0.4, -0.2) is 24.1 Å². The highest BCUT2D eigenvalue weighted by molar-refractivity contribution is 7.89. The number of rotatable bonds is 6. The van der Waals surface area contributed by atoms with Gasteiger partial charge in [-0.1, -0.05) is 29.8 Å². The van der Waals surface area contributed by atoms with Crippen molar-refractivity contribution in [2.75, 3.05) is 0 Å². The van der Waals surface area contributed by atoms with Gasteiger partial charge in [-0.05, 0) is 25.5 Å². The number of carboxylic acid groups (broad SMARTS) is 1. The lowest BCUT2D eigenvalue weighted by Gasteiger charge is -2.05. The summed E-state index contributed by atoms with van der Waals surface area (Å²) >= 11 is 0. The highest BCUT2D eigenvalue weighted by Gasteiger charge is 2.20. The van der Waals surface area contributed by atoms with E-state index in [1.807, 2.05) is 31.2 Å². The molecule has 0 bridgehead atoms. The van der Waals surface area contributed by atoms with Crippen LogP contribution in [0.4, 0.5) is 0 Å². The standard InChI is InChI=1S/C15H18N2O4S/c1-3-17-10-13(8-14(17)15(18)19)22(20,21)16-9-12-6-4-11(2)5-7-12/h4-8,10,16H,3,9H2,1-2H3,(H,18,19). The number of carboxylic acids is 1. The van der Waals surface area contributed by atoms with Crippen LogP contribution in [0, 0.1) is 6.92 Å². The van der Waals surface area contributed by atoms with E-state index in [0.717, 1.165) is 11.1 Å². The zero-order chi connectivity index (χ0) is 16.3. The SMILES string of the molecule is CCn1cc(S(=O)(=O)NCc2ccc(C)cc2)cc1C(=O)O. The van der Waals surface area contributed by atoms with Crippen LogP contribution >= 0.6 is 0 Å². The van der Waals surface area contributed by atoms with Crippen molar-refractivity contribution in [3.8, 4) is 0 Å². The number of aromatic carboxylic acids is 1. The minimum Gasteiger partial charge on any atom is -0.477 e. The van der Waals surface area contributed by atoms with Crippen LogP contribution < -0.4 is 4.72 Å². The molecule has 0 fully saturated rings. The van der Waals surface area contributed by atoms with Gasteiger partial charge in [0.05, 0.1) is 0 Å². The van der Waals surface area contributed by atoms with Crippen molar-refractivity contribution < 1.29 is 18.3 Å². The molecule has 2 N–H and O–H groups in total. The van der Waals surface area contributed by atoms with Crippen molar-refractivity contribution in [3.05, 3.63) is 53.3 Å². The van der Waals surface area contributed by atoms with Gasteiger partial charge < -0.3 is 9.67 Å². The molecule has 0 amide bonds. The van der Waals surface area contributed by atoms with Crippen LogP contribution in [0.3, 0.4) is 0 Å².